The molecule has 0 spiro atoms. The van der Waals surface area contributed by atoms with Crippen LogP contribution in [0, 0.1) is 0 Å². The molecule has 0 aromatic carbocycles. The first-order chi connectivity index (χ1) is 6.90. The van der Waals surface area contributed by atoms with Gasteiger partial charge in [-0.25, -0.2) is 4.79 Å². The lowest BCUT2D eigenvalue weighted by molar-refractivity contribution is -0.165. The molecule has 0 atom stereocenters. The predicted molar refractivity (Wildman–Crippen MR) is 59.8 cm³/mol. The van der Waals surface area contributed by atoms with Crippen molar-refractivity contribution in [2.75, 3.05) is 19.5 Å². The molecule has 5 heteroatoms. The molecule has 0 heterocycles. The minimum atomic E-state index is -0.907. The highest BCUT2D eigenvalue weighted by molar-refractivity contribution is 8.13. The van der Waals surface area contributed by atoms with Gasteiger partial charge in [-0.15, -0.1) is 0 Å². The Balaban J connectivity index is 3.66. The van der Waals surface area contributed by atoms with Crippen LogP contribution in [0.4, 0.5) is 0 Å². The van der Waals surface area contributed by atoms with Gasteiger partial charge in [-0.1, -0.05) is 11.8 Å². The predicted octanol–water partition coefficient (Wildman–Crippen LogP) is 1.62. The first-order valence-electron chi connectivity index (χ1n) is 4.76. The summed E-state index contributed by atoms with van der Waals surface area (Å²) in [5.74, 6) is 0.328. The Kier molecular flexibility index (Phi) is 6.60. The standard InChI is InChI=1S/C10H18O4S/c1-8(11)15-7-5-6-14-10(2,3)9(12)13-4/h5-7H2,1-4H3. The molecule has 0 aliphatic carbocycles. The average Bonchev–Trinajstić information content (AvgIpc) is 2.15. The highest BCUT2D eigenvalue weighted by Crippen LogP contribution is 2.12. The number of ether oxygens (including phenoxy) is 2. The third-order valence-electron chi connectivity index (χ3n) is 1.73. The molecule has 0 unspecified atom stereocenters. The molecule has 0 aromatic rings. The smallest absolute Gasteiger partial charge is 0.337 e. The average molecular weight is 234 g/mol. The molecular formula is C10H18O4S. The molecule has 0 N–H and O–H groups in total. The maximum Gasteiger partial charge on any atom is 0.337 e. The Hall–Kier alpha value is -0.550. The minimum Gasteiger partial charge on any atom is -0.467 e. The van der Waals surface area contributed by atoms with Gasteiger partial charge >= 0.3 is 5.97 Å². The van der Waals surface area contributed by atoms with E-state index >= 15 is 0 Å². The van der Waals surface area contributed by atoms with Gasteiger partial charge in [0.2, 0.25) is 0 Å². The zero-order valence-corrected chi connectivity index (χ0v) is 10.5. The fourth-order valence-corrected chi connectivity index (χ4v) is 1.46. The molecule has 0 saturated carbocycles. The summed E-state index contributed by atoms with van der Waals surface area (Å²) < 4.78 is 9.95. The van der Waals surface area contributed by atoms with Crippen LogP contribution in [-0.4, -0.2) is 36.2 Å². The molecule has 0 aliphatic rings. The summed E-state index contributed by atoms with van der Waals surface area (Å²) in [5.41, 5.74) is -0.907. The lowest BCUT2D eigenvalue weighted by Crippen LogP contribution is -2.36. The maximum atomic E-state index is 11.2. The van der Waals surface area contributed by atoms with Crippen LogP contribution >= 0.6 is 11.8 Å². The van der Waals surface area contributed by atoms with Gasteiger partial charge in [0.25, 0.3) is 0 Å². The number of rotatable bonds is 6. The second-order valence-electron chi connectivity index (χ2n) is 3.54. The normalized spacial score (nSPS) is 11.2. The SMILES string of the molecule is COC(=O)C(C)(C)OCCCSC(C)=O. The monoisotopic (exact) mass is 234 g/mol. The number of carbonyl (C=O) groups excluding carboxylic acids is 2. The van der Waals surface area contributed by atoms with Gasteiger partial charge in [0, 0.05) is 19.3 Å². The summed E-state index contributed by atoms with van der Waals surface area (Å²) in [4.78, 5) is 21.8. The van der Waals surface area contributed by atoms with Crippen LogP contribution < -0.4 is 0 Å². The quantitative estimate of drug-likeness (QED) is 0.516. The van der Waals surface area contributed by atoms with E-state index in [2.05, 4.69) is 4.74 Å². The third kappa shape index (κ3) is 6.52. The van der Waals surface area contributed by atoms with Crippen LogP contribution in [0.25, 0.3) is 0 Å². The molecule has 0 fully saturated rings. The maximum absolute atomic E-state index is 11.2. The summed E-state index contributed by atoms with van der Waals surface area (Å²) in [7, 11) is 1.33. The molecule has 0 bridgehead atoms. The molecule has 0 radical (unpaired) electrons. The summed E-state index contributed by atoms with van der Waals surface area (Å²) in [6, 6.07) is 0. The van der Waals surface area contributed by atoms with E-state index in [1.807, 2.05) is 0 Å². The van der Waals surface area contributed by atoms with E-state index in [1.165, 1.54) is 25.8 Å². The summed E-state index contributed by atoms with van der Waals surface area (Å²) in [6.45, 7) is 5.31. The van der Waals surface area contributed by atoms with E-state index in [0.29, 0.717) is 12.4 Å². The van der Waals surface area contributed by atoms with E-state index in [-0.39, 0.29) is 11.1 Å². The first kappa shape index (κ1) is 14.5. The van der Waals surface area contributed by atoms with E-state index in [1.54, 1.807) is 13.8 Å². The molecule has 0 saturated heterocycles. The second-order valence-corrected chi connectivity index (χ2v) is 4.82. The van der Waals surface area contributed by atoms with Crippen LogP contribution in [0.1, 0.15) is 27.2 Å². The van der Waals surface area contributed by atoms with Gasteiger partial charge in [0.15, 0.2) is 10.7 Å². The van der Waals surface area contributed by atoms with Crippen LogP contribution in [-0.2, 0) is 19.1 Å². The molecular weight excluding hydrogens is 216 g/mol. The summed E-state index contributed by atoms with van der Waals surface area (Å²) >= 11 is 1.26. The molecule has 0 amide bonds. The zero-order chi connectivity index (χ0) is 11.9. The third-order valence-corrected chi connectivity index (χ3v) is 2.63. The van der Waals surface area contributed by atoms with E-state index in [4.69, 9.17) is 4.74 Å². The van der Waals surface area contributed by atoms with Crippen molar-refractivity contribution in [1.82, 2.24) is 0 Å². The van der Waals surface area contributed by atoms with Crippen molar-refractivity contribution in [2.24, 2.45) is 0 Å². The number of hydrogen-bond acceptors (Lipinski definition) is 5. The second kappa shape index (κ2) is 6.85. The fourth-order valence-electron chi connectivity index (χ4n) is 0.907. The number of hydrogen-bond donors (Lipinski definition) is 0. The number of esters is 1. The van der Waals surface area contributed by atoms with E-state index < -0.39 is 5.60 Å². The van der Waals surface area contributed by atoms with Crippen LogP contribution in [0.5, 0.6) is 0 Å². The molecule has 88 valence electrons. The van der Waals surface area contributed by atoms with Gasteiger partial charge in [-0.3, -0.25) is 4.79 Å². The van der Waals surface area contributed by atoms with Crippen molar-refractivity contribution < 1.29 is 19.1 Å². The minimum absolute atomic E-state index is 0.0993. The molecule has 0 aromatic heterocycles. The van der Waals surface area contributed by atoms with Crippen molar-refractivity contribution in [3.8, 4) is 0 Å². The summed E-state index contributed by atoms with van der Waals surface area (Å²) in [6.07, 6.45) is 0.741. The van der Waals surface area contributed by atoms with E-state index in [9.17, 15) is 9.59 Å². The number of methoxy groups -OCH3 is 1. The van der Waals surface area contributed by atoms with Crippen molar-refractivity contribution in [2.45, 2.75) is 32.8 Å². The van der Waals surface area contributed by atoms with Crippen LogP contribution in [0.3, 0.4) is 0 Å². The van der Waals surface area contributed by atoms with Gasteiger partial charge in [0.05, 0.1) is 7.11 Å². The van der Waals surface area contributed by atoms with Gasteiger partial charge in [0.1, 0.15) is 0 Å². The Morgan fingerprint density at radius 2 is 1.93 bits per heavy atom. The fraction of sp³-hybridized carbons (Fsp3) is 0.800. The van der Waals surface area contributed by atoms with E-state index in [0.717, 1.165) is 6.42 Å². The van der Waals surface area contributed by atoms with Crippen molar-refractivity contribution in [1.29, 1.82) is 0 Å². The van der Waals surface area contributed by atoms with Crippen molar-refractivity contribution in [3.63, 3.8) is 0 Å². The van der Waals surface area contributed by atoms with Crippen molar-refractivity contribution >= 4 is 22.8 Å². The van der Waals surface area contributed by atoms with Gasteiger partial charge in [-0.05, 0) is 20.3 Å². The van der Waals surface area contributed by atoms with Crippen molar-refractivity contribution in [3.05, 3.63) is 0 Å². The highest BCUT2D eigenvalue weighted by Gasteiger charge is 2.29. The lowest BCUT2D eigenvalue weighted by Gasteiger charge is -2.21. The largest absolute Gasteiger partial charge is 0.467 e. The van der Waals surface area contributed by atoms with Crippen LogP contribution in [0.2, 0.25) is 0 Å². The molecule has 0 aliphatic heterocycles. The Morgan fingerprint density at radius 1 is 1.33 bits per heavy atom. The molecule has 15 heavy (non-hydrogen) atoms. The Labute approximate surface area is 94.7 Å². The first-order valence-corrected chi connectivity index (χ1v) is 5.74. The zero-order valence-electron chi connectivity index (χ0n) is 9.66. The Morgan fingerprint density at radius 3 is 2.40 bits per heavy atom. The summed E-state index contributed by atoms with van der Waals surface area (Å²) in [5, 5.41) is 0.0993. The van der Waals surface area contributed by atoms with Gasteiger partial charge < -0.3 is 9.47 Å². The molecule has 4 nitrogen and oxygen atoms in total. The highest BCUT2D eigenvalue weighted by atomic mass is 32.2. The molecule has 0 rings (SSSR count). The van der Waals surface area contributed by atoms with Crippen LogP contribution in [0.15, 0.2) is 0 Å². The Bertz CT molecular complexity index is 225. The number of carbonyl (C=O) groups is 2. The lowest BCUT2D eigenvalue weighted by atomic mass is 10.1. The van der Waals surface area contributed by atoms with Gasteiger partial charge in [-0.2, -0.15) is 0 Å². The topological polar surface area (TPSA) is 52.6 Å². The number of thioether (sulfide) groups is 1.